The predicted molar refractivity (Wildman–Crippen MR) is 201 cm³/mol. The molecule has 0 aliphatic heterocycles. The van der Waals surface area contributed by atoms with Crippen LogP contribution in [0.5, 0.6) is 0 Å². The number of furan rings is 1. The summed E-state index contributed by atoms with van der Waals surface area (Å²) in [6.45, 7) is 0. The summed E-state index contributed by atoms with van der Waals surface area (Å²) in [4.78, 5) is 19.5. The second-order valence-electron chi connectivity index (χ2n) is 12.3. The average Bonchev–Trinajstić information content (AvgIpc) is 3.74. The maximum absolute atomic E-state index is 6.14. The molecule has 0 unspecified atom stereocenters. The summed E-state index contributed by atoms with van der Waals surface area (Å²) < 4.78 is 8.48. The van der Waals surface area contributed by atoms with Crippen molar-refractivity contribution in [3.05, 3.63) is 164 Å². The quantitative estimate of drug-likeness (QED) is 0.187. The summed E-state index contributed by atoms with van der Waals surface area (Å²) in [6.07, 6.45) is 3.56. The van der Waals surface area contributed by atoms with Crippen LogP contribution in [0.3, 0.4) is 0 Å². The molecule has 0 aliphatic carbocycles. The van der Waals surface area contributed by atoms with Crippen LogP contribution in [0.4, 0.5) is 0 Å². The van der Waals surface area contributed by atoms with E-state index in [9.17, 15) is 0 Å². The molecule has 0 bridgehead atoms. The normalized spacial score (nSPS) is 11.6. The minimum atomic E-state index is 0.543. The third-order valence-electron chi connectivity index (χ3n) is 9.36. The van der Waals surface area contributed by atoms with E-state index in [1.807, 2.05) is 54.7 Å². The Morgan fingerprint density at radius 1 is 0.420 bits per heavy atom. The van der Waals surface area contributed by atoms with Gasteiger partial charge in [-0.05, 0) is 41.5 Å². The number of rotatable bonds is 5. The fourth-order valence-corrected chi connectivity index (χ4v) is 7.03. The first kappa shape index (κ1) is 28.1. The van der Waals surface area contributed by atoms with Crippen LogP contribution < -0.4 is 0 Å². The van der Waals surface area contributed by atoms with Gasteiger partial charge in [-0.25, -0.2) is 15.0 Å². The molecule has 4 aromatic heterocycles. The molecule has 0 fully saturated rings. The van der Waals surface area contributed by atoms with Gasteiger partial charge in [-0.15, -0.1) is 0 Å². The Labute approximate surface area is 287 Å². The van der Waals surface area contributed by atoms with E-state index in [0.29, 0.717) is 23.1 Å². The third-order valence-corrected chi connectivity index (χ3v) is 9.36. The highest BCUT2D eigenvalue weighted by Gasteiger charge is 2.18. The second kappa shape index (κ2) is 11.4. The van der Waals surface area contributed by atoms with Gasteiger partial charge in [0.1, 0.15) is 5.58 Å². The Morgan fingerprint density at radius 2 is 1.00 bits per heavy atom. The van der Waals surface area contributed by atoms with Gasteiger partial charge >= 0.3 is 0 Å². The van der Waals surface area contributed by atoms with Crippen LogP contribution >= 0.6 is 0 Å². The summed E-state index contributed by atoms with van der Waals surface area (Å²) in [5.74, 6) is 1.73. The van der Waals surface area contributed by atoms with Gasteiger partial charge in [0.2, 0.25) is 0 Å². The highest BCUT2D eigenvalue weighted by Crippen LogP contribution is 2.37. The number of para-hydroxylation sites is 3. The van der Waals surface area contributed by atoms with Crippen LogP contribution in [0.25, 0.3) is 94.7 Å². The Morgan fingerprint density at radius 3 is 1.74 bits per heavy atom. The third kappa shape index (κ3) is 4.58. The highest BCUT2D eigenvalue weighted by molar-refractivity contribution is 6.11. The fourth-order valence-electron chi connectivity index (χ4n) is 7.03. The molecule has 0 N–H and O–H groups in total. The van der Waals surface area contributed by atoms with Gasteiger partial charge in [0, 0.05) is 50.1 Å². The Bertz CT molecular complexity index is 2820. The molecule has 10 aromatic rings. The number of fused-ring (bicyclic) bond motifs is 6. The van der Waals surface area contributed by atoms with Crippen molar-refractivity contribution in [2.24, 2.45) is 0 Å². The van der Waals surface area contributed by atoms with Gasteiger partial charge in [-0.3, -0.25) is 4.98 Å². The van der Waals surface area contributed by atoms with Crippen LogP contribution in [-0.2, 0) is 0 Å². The zero-order valence-electron chi connectivity index (χ0n) is 26.7. The summed E-state index contributed by atoms with van der Waals surface area (Å²) in [5, 5.41) is 4.43. The van der Waals surface area contributed by atoms with Gasteiger partial charge in [-0.1, -0.05) is 121 Å². The molecule has 0 saturated heterocycles. The summed E-state index contributed by atoms with van der Waals surface area (Å²) >= 11 is 0. The first-order valence-electron chi connectivity index (χ1n) is 16.5. The van der Waals surface area contributed by atoms with Crippen molar-refractivity contribution < 1.29 is 4.42 Å². The number of aromatic nitrogens is 5. The minimum absolute atomic E-state index is 0.543. The van der Waals surface area contributed by atoms with Gasteiger partial charge in [-0.2, -0.15) is 0 Å². The molecular formula is C44H27N5O. The van der Waals surface area contributed by atoms with Crippen molar-refractivity contribution in [1.82, 2.24) is 24.5 Å². The molecular weight excluding hydrogens is 615 g/mol. The monoisotopic (exact) mass is 641 g/mol. The molecule has 50 heavy (non-hydrogen) atoms. The predicted octanol–water partition coefficient (Wildman–Crippen LogP) is 10.9. The zero-order valence-corrected chi connectivity index (χ0v) is 26.7. The van der Waals surface area contributed by atoms with Crippen LogP contribution in [0, 0.1) is 0 Å². The van der Waals surface area contributed by atoms with Crippen molar-refractivity contribution in [3.8, 4) is 51.0 Å². The molecule has 4 heterocycles. The first-order valence-corrected chi connectivity index (χ1v) is 16.5. The molecule has 0 amide bonds. The van der Waals surface area contributed by atoms with Crippen LogP contribution in [0.1, 0.15) is 0 Å². The molecule has 6 aromatic carbocycles. The molecule has 0 aliphatic rings. The van der Waals surface area contributed by atoms with Gasteiger partial charge in [0.25, 0.3) is 0 Å². The van der Waals surface area contributed by atoms with E-state index in [4.69, 9.17) is 19.4 Å². The van der Waals surface area contributed by atoms with Gasteiger partial charge < -0.3 is 8.98 Å². The lowest BCUT2D eigenvalue weighted by atomic mass is 10.0. The number of nitrogens with zero attached hydrogens (tertiary/aromatic N) is 5. The van der Waals surface area contributed by atoms with Crippen LogP contribution in [0.15, 0.2) is 168 Å². The minimum Gasteiger partial charge on any atom is -0.454 e. The number of pyridine rings is 1. The second-order valence-corrected chi connectivity index (χ2v) is 12.3. The molecule has 6 heteroatoms. The van der Waals surface area contributed by atoms with Crippen LogP contribution in [-0.4, -0.2) is 24.5 Å². The molecule has 0 saturated carbocycles. The molecule has 10 rings (SSSR count). The van der Waals surface area contributed by atoms with Crippen molar-refractivity contribution in [2.45, 2.75) is 0 Å². The van der Waals surface area contributed by atoms with Crippen LogP contribution in [0.2, 0.25) is 0 Å². The van der Waals surface area contributed by atoms with E-state index in [0.717, 1.165) is 49.9 Å². The standard InChI is InChI=1S/C44H27N5O/c1-2-11-29(12-3-1)42-46-43(48-44(47-42)36-26-45-27-40-41(36)35-17-6-9-20-39(35)50-40)30-23-21-28(22-24-30)31-13-10-14-32(25-31)49-37-18-7-4-15-33(37)34-16-5-8-19-38(34)49/h1-27H. The van der Waals surface area contributed by atoms with E-state index < -0.39 is 0 Å². The SMILES string of the molecule is c1ccc(-c2nc(-c3ccc(-c4cccc(-n5c6ccccc6c6ccccc65)c4)cc3)nc(-c3cncc4oc5ccccc5c34)n2)cc1. The fraction of sp³-hybridized carbons (Fsp3) is 0. The largest absolute Gasteiger partial charge is 0.454 e. The molecule has 234 valence electrons. The van der Waals surface area contributed by atoms with Crippen molar-refractivity contribution in [2.75, 3.05) is 0 Å². The average molecular weight is 642 g/mol. The smallest absolute Gasteiger partial charge is 0.166 e. The number of hydrogen-bond donors (Lipinski definition) is 0. The van der Waals surface area contributed by atoms with Crippen molar-refractivity contribution in [1.29, 1.82) is 0 Å². The molecule has 6 nitrogen and oxygen atoms in total. The Hall–Kier alpha value is -6.92. The van der Waals surface area contributed by atoms with E-state index >= 15 is 0 Å². The van der Waals surface area contributed by atoms with Crippen molar-refractivity contribution >= 4 is 43.7 Å². The lowest BCUT2D eigenvalue weighted by Gasteiger charge is -2.11. The number of hydrogen-bond acceptors (Lipinski definition) is 5. The maximum atomic E-state index is 6.14. The van der Waals surface area contributed by atoms with E-state index in [-0.39, 0.29) is 0 Å². The maximum Gasteiger partial charge on any atom is 0.166 e. The van der Waals surface area contributed by atoms with E-state index in [2.05, 4.69) is 113 Å². The summed E-state index contributed by atoms with van der Waals surface area (Å²) in [7, 11) is 0. The summed E-state index contributed by atoms with van der Waals surface area (Å²) in [5.41, 5.74) is 9.82. The van der Waals surface area contributed by atoms with Crippen molar-refractivity contribution in [3.63, 3.8) is 0 Å². The van der Waals surface area contributed by atoms with E-state index in [1.165, 1.54) is 21.8 Å². The Balaban J connectivity index is 1.08. The van der Waals surface area contributed by atoms with Gasteiger partial charge in [0.05, 0.1) is 17.2 Å². The molecule has 0 radical (unpaired) electrons. The highest BCUT2D eigenvalue weighted by atomic mass is 16.3. The lowest BCUT2D eigenvalue weighted by Crippen LogP contribution is -2.00. The summed E-state index contributed by atoms with van der Waals surface area (Å²) in [6, 6.07) is 52.3. The lowest BCUT2D eigenvalue weighted by molar-refractivity contribution is 0.667. The van der Waals surface area contributed by atoms with Gasteiger partial charge in [0.15, 0.2) is 23.1 Å². The number of benzene rings is 6. The molecule has 0 spiro atoms. The first-order chi connectivity index (χ1) is 24.8. The topological polar surface area (TPSA) is 69.6 Å². The van der Waals surface area contributed by atoms with E-state index in [1.54, 1.807) is 6.20 Å². The Kier molecular flexibility index (Phi) is 6.39. The zero-order chi connectivity index (χ0) is 33.0. The molecule has 0 atom stereocenters.